The molecular weight excluding hydrogens is 408 g/mol. The van der Waals surface area contributed by atoms with Crippen molar-refractivity contribution in [2.24, 2.45) is 0 Å². The minimum absolute atomic E-state index is 0.424. The van der Waals surface area contributed by atoms with Crippen LogP contribution in [0, 0.1) is 0 Å². The second-order valence-electron chi connectivity index (χ2n) is 7.65. The molecule has 0 radical (unpaired) electrons. The molecule has 0 aliphatic carbocycles. The van der Waals surface area contributed by atoms with Gasteiger partial charge in [0.15, 0.2) is 0 Å². The topological polar surface area (TPSA) is 44.2 Å². The first-order valence-electron chi connectivity index (χ1n) is 11.2. The number of aromatic nitrogens is 2. The number of allylic oxidation sites excluding steroid dienone is 2. The largest absolute Gasteiger partial charge is 0.473 e. The van der Waals surface area contributed by atoms with Crippen LogP contribution in [0.1, 0.15) is 37.1 Å². The van der Waals surface area contributed by atoms with Crippen LogP contribution in [0.5, 0.6) is 11.8 Å². The molecule has 0 amide bonds. The minimum Gasteiger partial charge on any atom is -0.473 e. The molecule has 4 aromatic rings. The number of rotatable bonds is 9. The summed E-state index contributed by atoms with van der Waals surface area (Å²) < 4.78 is 12.1. The third-order valence-electron chi connectivity index (χ3n) is 5.42. The fourth-order valence-electron chi connectivity index (χ4n) is 3.57. The second-order valence-corrected chi connectivity index (χ2v) is 7.65. The van der Waals surface area contributed by atoms with E-state index in [-0.39, 0.29) is 0 Å². The highest BCUT2D eigenvalue weighted by Crippen LogP contribution is 2.32. The van der Waals surface area contributed by atoms with Crippen molar-refractivity contribution in [3.8, 4) is 22.9 Å². The number of hydrogen-bond acceptors (Lipinski definition) is 4. The number of pyridine rings is 2. The average molecular weight is 437 g/mol. The second kappa shape index (κ2) is 11.1. The Hall–Kier alpha value is -3.92. The number of nitrogens with zero attached hydrogens (tertiary/aromatic N) is 2. The molecule has 0 aliphatic rings. The van der Waals surface area contributed by atoms with Crippen molar-refractivity contribution in [1.29, 1.82) is 0 Å². The van der Waals surface area contributed by atoms with Crippen molar-refractivity contribution in [2.45, 2.75) is 33.5 Å². The highest BCUT2D eigenvalue weighted by Gasteiger charge is 2.12. The van der Waals surface area contributed by atoms with E-state index in [2.05, 4.69) is 35.1 Å². The molecule has 0 aliphatic heterocycles. The van der Waals surface area contributed by atoms with Crippen LogP contribution in [0.15, 0.2) is 97.2 Å². The summed E-state index contributed by atoms with van der Waals surface area (Å²) in [7, 11) is 0. The maximum absolute atomic E-state index is 6.16. The van der Waals surface area contributed by atoms with Gasteiger partial charge in [-0.2, -0.15) is 4.98 Å². The molecule has 33 heavy (non-hydrogen) atoms. The first kappa shape index (κ1) is 22.3. The van der Waals surface area contributed by atoms with Gasteiger partial charge in [0.1, 0.15) is 13.2 Å². The smallest absolute Gasteiger partial charge is 0.225 e. The third kappa shape index (κ3) is 5.86. The molecule has 2 aromatic carbocycles. The molecule has 0 atom stereocenters. The van der Waals surface area contributed by atoms with Gasteiger partial charge in [-0.15, -0.1) is 0 Å². The Morgan fingerprint density at radius 2 is 1.45 bits per heavy atom. The lowest BCUT2D eigenvalue weighted by Gasteiger charge is -2.14. The maximum Gasteiger partial charge on any atom is 0.225 e. The molecule has 4 nitrogen and oxygen atoms in total. The van der Waals surface area contributed by atoms with E-state index in [0.717, 1.165) is 34.4 Å². The van der Waals surface area contributed by atoms with E-state index < -0.39 is 0 Å². The Morgan fingerprint density at radius 1 is 0.788 bits per heavy atom. The van der Waals surface area contributed by atoms with Crippen LogP contribution in [-0.4, -0.2) is 9.97 Å². The van der Waals surface area contributed by atoms with Crippen LogP contribution < -0.4 is 9.47 Å². The molecule has 0 spiro atoms. The van der Waals surface area contributed by atoms with Crippen molar-refractivity contribution < 1.29 is 9.47 Å². The first-order chi connectivity index (χ1) is 16.3. The summed E-state index contributed by atoms with van der Waals surface area (Å²) in [6, 6.07) is 28.1. The molecule has 2 aromatic heterocycles. The summed E-state index contributed by atoms with van der Waals surface area (Å²) in [5, 5.41) is 0. The Labute approximate surface area is 195 Å². The molecule has 4 rings (SSSR count). The zero-order valence-electron chi connectivity index (χ0n) is 19.1. The summed E-state index contributed by atoms with van der Waals surface area (Å²) in [5.41, 5.74) is 6.22. The fourth-order valence-corrected chi connectivity index (χ4v) is 3.57. The molecule has 0 N–H and O–H groups in total. The zero-order valence-corrected chi connectivity index (χ0v) is 19.1. The van der Waals surface area contributed by atoms with Gasteiger partial charge in [-0.1, -0.05) is 79.7 Å². The summed E-state index contributed by atoms with van der Waals surface area (Å²) in [6.45, 7) is 5.05. The van der Waals surface area contributed by atoms with Crippen LogP contribution in [-0.2, 0) is 13.2 Å². The van der Waals surface area contributed by atoms with E-state index in [9.17, 15) is 0 Å². The van der Waals surface area contributed by atoms with Crippen molar-refractivity contribution in [1.82, 2.24) is 9.97 Å². The zero-order chi connectivity index (χ0) is 22.9. The molecule has 0 saturated heterocycles. The van der Waals surface area contributed by atoms with Gasteiger partial charge in [0.05, 0.1) is 5.69 Å². The lowest BCUT2D eigenvalue weighted by Crippen LogP contribution is -2.02. The van der Waals surface area contributed by atoms with E-state index in [0.29, 0.717) is 25.0 Å². The van der Waals surface area contributed by atoms with E-state index in [1.807, 2.05) is 85.9 Å². The summed E-state index contributed by atoms with van der Waals surface area (Å²) in [5.74, 6) is 1.05. The van der Waals surface area contributed by atoms with Gasteiger partial charge in [0.25, 0.3) is 0 Å². The highest BCUT2D eigenvalue weighted by molar-refractivity contribution is 5.70. The predicted molar refractivity (Wildman–Crippen MR) is 133 cm³/mol. The Kier molecular flexibility index (Phi) is 7.49. The Morgan fingerprint density at radius 3 is 2.03 bits per heavy atom. The third-order valence-corrected chi connectivity index (χ3v) is 5.42. The lowest BCUT2D eigenvalue weighted by atomic mass is 10.1. The lowest BCUT2D eigenvalue weighted by molar-refractivity contribution is 0.268. The highest BCUT2D eigenvalue weighted by atomic mass is 16.5. The van der Waals surface area contributed by atoms with Crippen LogP contribution >= 0.6 is 0 Å². The first-order valence-corrected chi connectivity index (χ1v) is 11.2. The van der Waals surface area contributed by atoms with Crippen molar-refractivity contribution >= 4 is 5.57 Å². The quantitative estimate of drug-likeness (QED) is 0.280. The molecule has 0 fully saturated rings. The standard InChI is InChI=1S/C29H28N2O2/c1-3-24(4-2)27-17-15-25(19-30-27)26-16-18-28(32-20-22-11-7-5-8-12-22)31-29(26)33-21-23-13-9-6-10-14-23/h3,5-19H,4,20-21H2,1-2H3/b24-3+. The molecular formula is C29H28N2O2. The number of benzene rings is 2. The van der Waals surface area contributed by atoms with Crippen LogP contribution in [0.2, 0.25) is 0 Å². The summed E-state index contributed by atoms with van der Waals surface area (Å²) in [6.07, 6.45) is 4.94. The Balaban J connectivity index is 1.60. The van der Waals surface area contributed by atoms with E-state index in [1.54, 1.807) is 0 Å². The van der Waals surface area contributed by atoms with E-state index in [4.69, 9.17) is 9.47 Å². The minimum atomic E-state index is 0.424. The predicted octanol–water partition coefficient (Wildman–Crippen LogP) is 7.11. The van der Waals surface area contributed by atoms with Gasteiger partial charge in [0, 0.05) is 23.4 Å². The summed E-state index contributed by atoms with van der Waals surface area (Å²) >= 11 is 0. The number of hydrogen-bond donors (Lipinski definition) is 0. The number of ether oxygens (including phenoxy) is 2. The monoisotopic (exact) mass is 436 g/mol. The average Bonchev–Trinajstić information content (AvgIpc) is 2.89. The van der Waals surface area contributed by atoms with Gasteiger partial charge in [0.2, 0.25) is 11.8 Å². The van der Waals surface area contributed by atoms with Crippen molar-refractivity contribution in [3.63, 3.8) is 0 Å². The van der Waals surface area contributed by atoms with E-state index >= 15 is 0 Å². The molecule has 166 valence electrons. The van der Waals surface area contributed by atoms with Gasteiger partial charge in [-0.05, 0) is 42.2 Å². The molecule has 2 heterocycles. The van der Waals surface area contributed by atoms with E-state index in [1.165, 1.54) is 5.57 Å². The fraction of sp³-hybridized carbons (Fsp3) is 0.172. The van der Waals surface area contributed by atoms with Gasteiger partial charge >= 0.3 is 0 Å². The van der Waals surface area contributed by atoms with Crippen molar-refractivity contribution in [3.05, 3.63) is 114 Å². The molecule has 0 bridgehead atoms. The van der Waals surface area contributed by atoms with Gasteiger partial charge < -0.3 is 9.47 Å². The van der Waals surface area contributed by atoms with Gasteiger partial charge in [-0.25, -0.2) is 0 Å². The molecule has 4 heteroatoms. The SMILES string of the molecule is C/C=C(\CC)c1ccc(-c2ccc(OCc3ccccc3)nc2OCc2ccccc2)cn1. The summed E-state index contributed by atoms with van der Waals surface area (Å²) in [4.78, 5) is 9.36. The molecule has 0 saturated carbocycles. The van der Waals surface area contributed by atoms with Gasteiger partial charge in [-0.3, -0.25) is 4.98 Å². The van der Waals surface area contributed by atoms with Crippen LogP contribution in [0.25, 0.3) is 16.7 Å². The Bertz CT molecular complexity index is 1190. The van der Waals surface area contributed by atoms with Crippen LogP contribution in [0.3, 0.4) is 0 Å². The maximum atomic E-state index is 6.16. The van der Waals surface area contributed by atoms with Crippen molar-refractivity contribution in [2.75, 3.05) is 0 Å². The van der Waals surface area contributed by atoms with Crippen LogP contribution in [0.4, 0.5) is 0 Å². The molecule has 0 unspecified atom stereocenters. The normalized spacial score (nSPS) is 11.3.